The van der Waals surface area contributed by atoms with Gasteiger partial charge in [-0.15, -0.1) is 0 Å². The molecule has 84 valence electrons. The summed E-state index contributed by atoms with van der Waals surface area (Å²) in [6, 6.07) is 6.93. The third-order valence-electron chi connectivity index (χ3n) is 2.86. The van der Waals surface area contributed by atoms with E-state index in [4.69, 9.17) is 0 Å². The van der Waals surface area contributed by atoms with E-state index in [9.17, 15) is 4.39 Å². The molecule has 1 atom stereocenters. The van der Waals surface area contributed by atoms with Gasteiger partial charge in [-0.3, -0.25) is 0 Å². The molecule has 1 nitrogen and oxygen atoms in total. The van der Waals surface area contributed by atoms with Gasteiger partial charge in [0.05, 0.1) is 0 Å². The van der Waals surface area contributed by atoms with E-state index in [1.165, 1.54) is 12.1 Å². The maximum absolute atomic E-state index is 12.7. The first-order valence-corrected chi connectivity index (χ1v) is 5.48. The van der Waals surface area contributed by atoms with Crippen LogP contribution in [0.4, 0.5) is 4.39 Å². The minimum Gasteiger partial charge on any atom is -0.305 e. The Morgan fingerprint density at radius 3 is 2.27 bits per heavy atom. The molecule has 1 aromatic rings. The highest BCUT2D eigenvalue weighted by Crippen LogP contribution is 2.18. The molecule has 0 heterocycles. The van der Waals surface area contributed by atoms with Crippen molar-refractivity contribution in [3.63, 3.8) is 0 Å². The number of benzene rings is 1. The maximum Gasteiger partial charge on any atom is 0.123 e. The molecule has 15 heavy (non-hydrogen) atoms. The van der Waals surface area contributed by atoms with E-state index < -0.39 is 0 Å². The minimum absolute atomic E-state index is 0.119. The first-order valence-electron chi connectivity index (χ1n) is 5.48. The van der Waals surface area contributed by atoms with Crippen molar-refractivity contribution < 1.29 is 4.39 Å². The smallest absolute Gasteiger partial charge is 0.123 e. The van der Waals surface area contributed by atoms with Crippen molar-refractivity contribution in [2.75, 3.05) is 0 Å². The van der Waals surface area contributed by atoms with Crippen LogP contribution in [0.25, 0.3) is 0 Å². The third-order valence-corrected chi connectivity index (χ3v) is 2.86. The first-order chi connectivity index (χ1) is 6.94. The standard InChI is InChI=1S/C13H20FN/c1-5-13(3,4)15-10(2)11-6-8-12(14)9-7-11/h6-10,15H,5H2,1-4H3/t10-/m0/s1. The molecule has 0 amide bonds. The molecule has 0 radical (unpaired) electrons. The molecular formula is C13H20FN. The van der Waals surface area contributed by atoms with Crippen molar-refractivity contribution in [3.05, 3.63) is 35.6 Å². The zero-order chi connectivity index (χ0) is 11.5. The number of nitrogens with one attached hydrogen (secondary N) is 1. The average Bonchev–Trinajstić information content (AvgIpc) is 2.18. The van der Waals surface area contributed by atoms with Crippen molar-refractivity contribution in [2.45, 2.75) is 45.7 Å². The van der Waals surface area contributed by atoms with Crippen LogP contribution in [0.3, 0.4) is 0 Å². The zero-order valence-corrected chi connectivity index (χ0v) is 9.97. The summed E-state index contributed by atoms with van der Waals surface area (Å²) in [7, 11) is 0. The SMILES string of the molecule is CCC(C)(C)N[C@@H](C)c1ccc(F)cc1. The summed E-state index contributed by atoms with van der Waals surface area (Å²) in [6.45, 7) is 8.61. The largest absolute Gasteiger partial charge is 0.305 e. The number of hydrogen-bond donors (Lipinski definition) is 1. The van der Waals surface area contributed by atoms with Crippen LogP contribution in [0.15, 0.2) is 24.3 Å². The van der Waals surface area contributed by atoms with Gasteiger partial charge in [0.2, 0.25) is 0 Å². The van der Waals surface area contributed by atoms with E-state index in [2.05, 4.69) is 33.0 Å². The molecule has 1 aromatic carbocycles. The predicted molar refractivity (Wildman–Crippen MR) is 62.3 cm³/mol. The van der Waals surface area contributed by atoms with Gasteiger partial charge in [0.25, 0.3) is 0 Å². The molecule has 0 aliphatic carbocycles. The average molecular weight is 209 g/mol. The molecule has 0 aliphatic heterocycles. The van der Waals surface area contributed by atoms with Gasteiger partial charge >= 0.3 is 0 Å². The number of hydrogen-bond acceptors (Lipinski definition) is 1. The topological polar surface area (TPSA) is 12.0 Å². The Kier molecular flexibility index (Phi) is 3.86. The fourth-order valence-corrected chi connectivity index (χ4v) is 1.52. The van der Waals surface area contributed by atoms with Gasteiger partial charge in [0.1, 0.15) is 5.82 Å². The van der Waals surface area contributed by atoms with Gasteiger partial charge in [0, 0.05) is 11.6 Å². The Morgan fingerprint density at radius 1 is 1.27 bits per heavy atom. The van der Waals surface area contributed by atoms with E-state index in [0.717, 1.165) is 12.0 Å². The number of halogens is 1. The maximum atomic E-state index is 12.7. The summed E-state index contributed by atoms with van der Waals surface area (Å²) >= 11 is 0. The van der Waals surface area contributed by atoms with Gasteiger partial charge in [-0.05, 0) is 44.9 Å². The Balaban J connectivity index is 2.69. The lowest BCUT2D eigenvalue weighted by Crippen LogP contribution is -2.40. The van der Waals surface area contributed by atoms with Crippen molar-refractivity contribution >= 4 is 0 Å². The lowest BCUT2D eigenvalue weighted by Gasteiger charge is -2.29. The molecule has 0 fully saturated rings. The quantitative estimate of drug-likeness (QED) is 0.798. The molecule has 0 bridgehead atoms. The second-order valence-electron chi connectivity index (χ2n) is 4.66. The summed E-state index contributed by atoms with van der Waals surface area (Å²) < 4.78 is 12.7. The van der Waals surface area contributed by atoms with E-state index in [1.807, 2.05) is 12.1 Å². The van der Waals surface area contributed by atoms with Crippen LogP contribution in [0.2, 0.25) is 0 Å². The minimum atomic E-state index is -0.180. The second kappa shape index (κ2) is 4.75. The summed E-state index contributed by atoms with van der Waals surface area (Å²) in [5, 5.41) is 3.52. The van der Waals surface area contributed by atoms with E-state index in [1.54, 1.807) is 0 Å². The lowest BCUT2D eigenvalue weighted by molar-refractivity contribution is 0.337. The Morgan fingerprint density at radius 2 is 1.80 bits per heavy atom. The first kappa shape index (κ1) is 12.2. The third kappa shape index (κ3) is 3.63. The van der Waals surface area contributed by atoms with Crippen LogP contribution < -0.4 is 5.32 Å². The normalized spacial score (nSPS) is 13.9. The Bertz CT molecular complexity index is 303. The highest BCUT2D eigenvalue weighted by atomic mass is 19.1. The molecule has 0 saturated carbocycles. The van der Waals surface area contributed by atoms with Crippen molar-refractivity contribution in [1.82, 2.24) is 5.32 Å². The summed E-state index contributed by atoms with van der Waals surface area (Å²) in [5.41, 5.74) is 1.24. The fraction of sp³-hybridized carbons (Fsp3) is 0.538. The van der Waals surface area contributed by atoms with Crippen molar-refractivity contribution in [3.8, 4) is 0 Å². The molecule has 0 aromatic heterocycles. The van der Waals surface area contributed by atoms with Crippen molar-refractivity contribution in [1.29, 1.82) is 0 Å². The van der Waals surface area contributed by atoms with Gasteiger partial charge in [-0.1, -0.05) is 19.1 Å². The highest BCUT2D eigenvalue weighted by Gasteiger charge is 2.18. The fourth-order valence-electron chi connectivity index (χ4n) is 1.52. The number of rotatable bonds is 4. The highest BCUT2D eigenvalue weighted by molar-refractivity contribution is 5.19. The van der Waals surface area contributed by atoms with Gasteiger partial charge in [0.15, 0.2) is 0 Å². The van der Waals surface area contributed by atoms with Crippen LogP contribution in [0.5, 0.6) is 0 Å². The summed E-state index contributed by atoms with van der Waals surface area (Å²) in [5.74, 6) is -0.180. The molecule has 0 saturated heterocycles. The van der Waals surface area contributed by atoms with Gasteiger partial charge < -0.3 is 5.32 Å². The van der Waals surface area contributed by atoms with Gasteiger partial charge in [-0.25, -0.2) is 4.39 Å². The molecule has 0 aliphatic rings. The molecular weight excluding hydrogens is 189 g/mol. The Hall–Kier alpha value is -0.890. The van der Waals surface area contributed by atoms with Gasteiger partial charge in [-0.2, -0.15) is 0 Å². The molecule has 0 unspecified atom stereocenters. The lowest BCUT2D eigenvalue weighted by atomic mass is 9.98. The molecule has 1 rings (SSSR count). The van der Waals surface area contributed by atoms with E-state index in [0.29, 0.717) is 0 Å². The van der Waals surface area contributed by atoms with Crippen molar-refractivity contribution in [2.24, 2.45) is 0 Å². The van der Waals surface area contributed by atoms with Crippen LogP contribution in [0, 0.1) is 5.82 Å². The van der Waals surface area contributed by atoms with Crippen LogP contribution in [-0.2, 0) is 0 Å². The Labute approximate surface area is 91.7 Å². The summed E-state index contributed by atoms with van der Waals surface area (Å²) in [6.07, 6.45) is 1.07. The van der Waals surface area contributed by atoms with E-state index >= 15 is 0 Å². The molecule has 2 heteroatoms. The van der Waals surface area contributed by atoms with E-state index in [-0.39, 0.29) is 17.4 Å². The zero-order valence-electron chi connectivity index (χ0n) is 9.97. The van der Waals surface area contributed by atoms with Crippen LogP contribution in [-0.4, -0.2) is 5.54 Å². The molecule has 1 N–H and O–H groups in total. The monoisotopic (exact) mass is 209 g/mol. The van der Waals surface area contributed by atoms with Crippen LogP contribution >= 0.6 is 0 Å². The molecule has 0 spiro atoms. The van der Waals surface area contributed by atoms with Crippen LogP contribution in [0.1, 0.15) is 45.7 Å². The second-order valence-corrected chi connectivity index (χ2v) is 4.66. The summed E-state index contributed by atoms with van der Waals surface area (Å²) in [4.78, 5) is 0. The predicted octanol–water partition coefficient (Wildman–Crippen LogP) is 3.66.